The third-order valence-corrected chi connectivity index (χ3v) is 4.09. The molecule has 0 aliphatic heterocycles. The van der Waals surface area contributed by atoms with E-state index in [4.69, 9.17) is 9.47 Å². The summed E-state index contributed by atoms with van der Waals surface area (Å²) in [5, 5.41) is 15.0. The molecule has 0 atom stereocenters. The SMILES string of the molecule is COc1cc(OC)c(-c2ccnn2C)c(O)c1C(=O)c1ccccc1F. The van der Waals surface area contributed by atoms with Crippen LogP contribution in [0.1, 0.15) is 15.9 Å². The lowest BCUT2D eigenvalue weighted by molar-refractivity contribution is 0.102. The van der Waals surface area contributed by atoms with Gasteiger partial charge in [0.2, 0.25) is 5.78 Å². The molecule has 3 rings (SSSR count). The normalized spacial score (nSPS) is 10.6. The lowest BCUT2D eigenvalue weighted by Crippen LogP contribution is -2.08. The number of hydrogen-bond donors (Lipinski definition) is 1. The van der Waals surface area contributed by atoms with Crippen LogP contribution in [0.4, 0.5) is 4.39 Å². The molecule has 3 aromatic rings. The molecule has 26 heavy (non-hydrogen) atoms. The Hall–Kier alpha value is -3.35. The first-order valence-electron chi connectivity index (χ1n) is 7.75. The Bertz CT molecular complexity index is 982. The second-order valence-electron chi connectivity index (χ2n) is 5.53. The van der Waals surface area contributed by atoms with E-state index in [-0.39, 0.29) is 28.2 Å². The number of methoxy groups -OCH3 is 2. The summed E-state index contributed by atoms with van der Waals surface area (Å²) in [5.74, 6) is -1.36. The first kappa shape index (κ1) is 17.5. The summed E-state index contributed by atoms with van der Waals surface area (Å²) in [6.07, 6.45) is 1.55. The Balaban J connectivity index is 2.30. The molecule has 0 radical (unpaired) electrons. The van der Waals surface area contributed by atoms with E-state index in [0.29, 0.717) is 11.4 Å². The minimum absolute atomic E-state index is 0.0820. The number of ether oxygens (including phenoxy) is 2. The van der Waals surface area contributed by atoms with Gasteiger partial charge < -0.3 is 14.6 Å². The molecule has 1 N–H and O–H groups in total. The van der Waals surface area contributed by atoms with Crippen LogP contribution in [0.15, 0.2) is 42.6 Å². The van der Waals surface area contributed by atoms with Gasteiger partial charge in [-0.3, -0.25) is 9.48 Å². The third kappa shape index (κ3) is 2.77. The highest BCUT2D eigenvalue weighted by atomic mass is 19.1. The van der Waals surface area contributed by atoms with Crippen molar-refractivity contribution in [1.82, 2.24) is 9.78 Å². The molecule has 0 amide bonds. The Morgan fingerprint density at radius 3 is 2.42 bits per heavy atom. The van der Waals surface area contributed by atoms with Gasteiger partial charge in [0, 0.05) is 19.3 Å². The molecule has 0 aliphatic carbocycles. The number of carbonyl (C=O) groups is 1. The zero-order valence-electron chi connectivity index (χ0n) is 14.5. The van der Waals surface area contributed by atoms with Crippen LogP contribution in [-0.2, 0) is 7.05 Å². The second kappa shape index (κ2) is 6.87. The van der Waals surface area contributed by atoms with Crippen molar-refractivity contribution in [3.63, 3.8) is 0 Å². The Labute approximate surface area is 149 Å². The number of phenolic OH excluding ortho intramolecular Hbond substituents is 1. The molecule has 0 unspecified atom stereocenters. The number of phenols is 1. The molecule has 6 nitrogen and oxygen atoms in total. The van der Waals surface area contributed by atoms with Crippen molar-refractivity contribution in [2.45, 2.75) is 0 Å². The highest BCUT2D eigenvalue weighted by Crippen LogP contribution is 2.45. The predicted molar refractivity (Wildman–Crippen MR) is 93.2 cm³/mol. The molecule has 7 heteroatoms. The van der Waals surface area contributed by atoms with Gasteiger partial charge in [-0.2, -0.15) is 5.10 Å². The minimum atomic E-state index is -0.691. The van der Waals surface area contributed by atoms with Crippen LogP contribution in [0.2, 0.25) is 0 Å². The van der Waals surface area contributed by atoms with Crippen LogP contribution in [0, 0.1) is 5.82 Å². The molecular weight excluding hydrogens is 339 g/mol. The Morgan fingerprint density at radius 1 is 1.15 bits per heavy atom. The topological polar surface area (TPSA) is 73.6 Å². The van der Waals surface area contributed by atoms with Crippen LogP contribution in [0.5, 0.6) is 17.2 Å². The monoisotopic (exact) mass is 356 g/mol. The van der Waals surface area contributed by atoms with Gasteiger partial charge in [-0.15, -0.1) is 0 Å². The van der Waals surface area contributed by atoms with Crippen LogP contribution in [-0.4, -0.2) is 34.9 Å². The first-order chi connectivity index (χ1) is 12.5. The van der Waals surface area contributed by atoms with E-state index < -0.39 is 11.6 Å². The highest BCUT2D eigenvalue weighted by Gasteiger charge is 2.28. The fourth-order valence-electron chi connectivity index (χ4n) is 2.81. The summed E-state index contributed by atoms with van der Waals surface area (Å²) < 4.78 is 26.2. The van der Waals surface area contributed by atoms with Gasteiger partial charge in [0.1, 0.15) is 28.6 Å². The van der Waals surface area contributed by atoms with Crippen molar-refractivity contribution in [3.05, 3.63) is 59.5 Å². The number of ketones is 1. The van der Waals surface area contributed by atoms with E-state index in [1.54, 1.807) is 25.4 Å². The minimum Gasteiger partial charge on any atom is -0.506 e. The largest absolute Gasteiger partial charge is 0.506 e. The van der Waals surface area contributed by atoms with E-state index in [9.17, 15) is 14.3 Å². The lowest BCUT2D eigenvalue weighted by atomic mass is 9.96. The van der Waals surface area contributed by atoms with Crippen molar-refractivity contribution in [2.75, 3.05) is 14.2 Å². The van der Waals surface area contributed by atoms with Gasteiger partial charge in [-0.05, 0) is 18.2 Å². The maximum absolute atomic E-state index is 14.1. The van der Waals surface area contributed by atoms with E-state index in [1.165, 1.54) is 43.2 Å². The number of hydrogen-bond acceptors (Lipinski definition) is 5. The van der Waals surface area contributed by atoms with Crippen molar-refractivity contribution >= 4 is 5.78 Å². The summed E-state index contributed by atoms with van der Waals surface area (Å²) >= 11 is 0. The smallest absolute Gasteiger partial charge is 0.203 e. The molecule has 0 fully saturated rings. The van der Waals surface area contributed by atoms with E-state index >= 15 is 0 Å². The number of nitrogens with zero attached hydrogens (tertiary/aromatic N) is 2. The summed E-state index contributed by atoms with van der Waals surface area (Å²) in [7, 11) is 4.49. The molecule has 0 saturated heterocycles. The van der Waals surface area contributed by atoms with Crippen LogP contribution in [0.3, 0.4) is 0 Å². The number of aromatic nitrogens is 2. The van der Waals surface area contributed by atoms with Crippen molar-refractivity contribution in [2.24, 2.45) is 7.05 Å². The summed E-state index contributed by atoms with van der Waals surface area (Å²) in [4.78, 5) is 12.9. The van der Waals surface area contributed by atoms with Gasteiger partial charge in [-0.1, -0.05) is 12.1 Å². The van der Waals surface area contributed by atoms with Crippen molar-refractivity contribution in [3.8, 4) is 28.5 Å². The first-order valence-corrected chi connectivity index (χ1v) is 7.75. The summed E-state index contributed by atoms with van der Waals surface area (Å²) in [6, 6.07) is 8.72. The molecule has 0 spiro atoms. The van der Waals surface area contributed by atoms with Crippen LogP contribution < -0.4 is 9.47 Å². The number of carbonyl (C=O) groups excluding carboxylic acids is 1. The fourth-order valence-corrected chi connectivity index (χ4v) is 2.81. The number of benzene rings is 2. The van der Waals surface area contributed by atoms with Crippen LogP contribution >= 0.6 is 0 Å². The second-order valence-corrected chi connectivity index (χ2v) is 5.53. The quantitative estimate of drug-likeness (QED) is 0.711. The average Bonchev–Trinajstić information content (AvgIpc) is 3.06. The average molecular weight is 356 g/mol. The summed E-state index contributed by atoms with van der Waals surface area (Å²) in [6.45, 7) is 0. The molecule has 1 heterocycles. The summed E-state index contributed by atoms with van der Waals surface area (Å²) in [5.41, 5.74) is 0.495. The Morgan fingerprint density at radius 2 is 1.85 bits per heavy atom. The van der Waals surface area contributed by atoms with E-state index in [2.05, 4.69) is 5.10 Å². The zero-order chi connectivity index (χ0) is 18.8. The van der Waals surface area contributed by atoms with Crippen molar-refractivity contribution < 1.29 is 23.8 Å². The van der Waals surface area contributed by atoms with Gasteiger partial charge in [-0.25, -0.2) is 4.39 Å². The third-order valence-electron chi connectivity index (χ3n) is 4.09. The lowest BCUT2D eigenvalue weighted by Gasteiger charge is -2.17. The van der Waals surface area contributed by atoms with Gasteiger partial charge in [0.05, 0.1) is 31.0 Å². The number of halogens is 1. The molecule has 1 aromatic heterocycles. The number of aryl methyl sites for hydroxylation is 1. The zero-order valence-corrected chi connectivity index (χ0v) is 14.5. The van der Waals surface area contributed by atoms with E-state index in [1.807, 2.05) is 0 Å². The van der Waals surface area contributed by atoms with Crippen LogP contribution in [0.25, 0.3) is 11.3 Å². The van der Waals surface area contributed by atoms with Crippen molar-refractivity contribution in [1.29, 1.82) is 0 Å². The molecule has 2 aromatic carbocycles. The maximum atomic E-state index is 14.1. The highest BCUT2D eigenvalue weighted by molar-refractivity contribution is 6.14. The Kier molecular flexibility index (Phi) is 4.62. The van der Waals surface area contributed by atoms with E-state index in [0.717, 1.165) is 0 Å². The van der Waals surface area contributed by atoms with Gasteiger partial charge >= 0.3 is 0 Å². The standard InChI is InChI=1S/C19H17FN2O4/c1-22-13(8-9-21-22)16-14(25-2)10-15(26-3)17(19(16)24)18(23)11-6-4-5-7-12(11)20/h4-10,24H,1-3H3. The van der Waals surface area contributed by atoms with Gasteiger partial charge in [0.25, 0.3) is 0 Å². The van der Waals surface area contributed by atoms with Gasteiger partial charge in [0.15, 0.2) is 0 Å². The molecule has 0 saturated carbocycles. The molecule has 134 valence electrons. The number of rotatable bonds is 5. The molecule has 0 bridgehead atoms. The molecule has 0 aliphatic rings. The fraction of sp³-hybridized carbons (Fsp3) is 0.158. The molecular formula is C19H17FN2O4. The number of aromatic hydroxyl groups is 1. The predicted octanol–water partition coefficient (Wildman–Crippen LogP) is 3.18. The maximum Gasteiger partial charge on any atom is 0.203 e.